The zero-order valence-electron chi connectivity index (χ0n) is 15.8. The summed E-state index contributed by atoms with van der Waals surface area (Å²) < 4.78 is 5.35. The molecule has 0 spiro atoms. The highest BCUT2D eigenvalue weighted by Crippen LogP contribution is 2.25. The lowest BCUT2D eigenvalue weighted by molar-refractivity contribution is 0.0919. The number of ether oxygens (including phenoxy) is 1. The number of H-pyrrole nitrogens is 1. The molecule has 4 rings (SSSR count). The Morgan fingerprint density at radius 1 is 1.19 bits per heavy atom. The Balaban J connectivity index is 1.43. The van der Waals surface area contributed by atoms with Crippen molar-refractivity contribution >= 4 is 22.4 Å². The van der Waals surface area contributed by atoms with Gasteiger partial charge in [0.25, 0.3) is 0 Å². The fourth-order valence-corrected chi connectivity index (χ4v) is 3.94. The molecule has 1 aromatic heterocycles. The number of benzene rings is 2. The van der Waals surface area contributed by atoms with Gasteiger partial charge in [0.2, 0.25) is 0 Å². The van der Waals surface area contributed by atoms with Crippen LogP contribution < -0.4 is 9.64 Å². The van der Waals surface area contributed by atoms with Crippen LogP contribution in [-0.2, 0) is 0 Å². The highest BCUT2D eigenvalue weighted by Gasteiger charge is 2.26. The van der Waals surface area contributed by atoms with Gasteiger partial charge in [-0.3, -0.25) is 9.69 Å². The maximum absolute atomic E-state index is 12.8. The summed E-state index contributed by atoms with van der Waals surface area (Å²) >= 11 is 0. The van der Waals surface area contributed by atoms with Crippen LogP contribution in [0.15, 0.2) is 54.7 Å². The molecule has 1 fully saturated rings. The minimum Gasteiger partial charge on any atom is -0.497 e. The third-order valence-electron chi connectivity index (χ3n) is 5.35. The fraction of sp³-hybridized carbons (Fsp3) is 0.318. The minimum atomic E-state index is 0.175. The molecule has 5 nitrogen and oxygen atoms in total. The zero-order valence-corrected chi connectivity index (χ0v) is 15.8. The van der Waals surface area contributed by atoms with Gasteiger partial charge < -0.3 is 14.6 Å². The Morgan fingerprint density at radius 3 is 2.85 bits per heavy atom. The summed E-state index contributed by atoms with van der Waals surface area (Å²) in [5.74, 6) is 1.05. The molecule has 1 aliphatic heterocycles. The van der Waals surface area contributed by atoms with Crippen LogP contribution in [0.3, 0.4) is 0 Å². The monoisotopic (exact) mass is 363 g/mol. The summed E-state index contributed by atoms with van der Waals surface area (Å²) in [5.41, 5.74) is 2.97. The average molecular weight is 363 g/mol. The minimum absolute atomic E-state index is 0.175. The van der Waals surface area contributed by atoms with Gasteiger partial charge in [-0.05, 0) is 25.1 Å². The lowest BCUT2D eigenvalue weighted by Gasteiger charge is -2.41. The van der Waals surface area contributed by atoms with Crippen molar-refractivity contribution in [2.75, 3.05) is 38.2 Å². The average Bonchev–Trinajstić information content (AvgIpc) is 3.12. The number of hydrogen-bond donors (Lipinski definition) is 1. The number of fused-ring (bicyclic) bond motifs is 1. The van der Waals surface area contributed by atoms with Crippen LogP contribution in [0.4, 0.5) is 5.69 Å². The number of methoxy groups -OCH3 is 1. The molecule has 0 aliphatic carbocycles. The predicted molar refractivity (Wildman–Crippen MR) is 109 cm³/mol. The first-order valence-electron chi connectivity index (χ1n) is 9.38. The van der Waals surface area contributed by atoms with E-state index in [1.165, 1.54) is 5.69 Å². The Kier molecular flexibility index (Phi) is 4.86. The summed E-state index contributed by atoms with van der Waals surface area (Å²) in [7, 11) is 1.69. The second kappa shape index (κ2) is 7.45. The highest BCUT2D eigenvalue weighted by atomic mass is 16.5. The van der Waals surface area contributed by atoms with Gasteiger partial charge in [-0.25, -0.2) is 0 Å². The first kappa shape index (κ1) is 17.6. The van der Waals surface area contributed by atoms with Crippen LogP contribution in [0.25, 0.3) is 10.9 Å². The second-order valence-electron chi connectivity index (χ2n) is 7.15. The van der Waals surface area contributed by atoms with Gasteiger partial charge >= 0.3 is 0 Å². The summed E-state index contributed by atoms with van der Waals surface area (Å²) in [6.07, 6.45) is 1.84. The topological polar surface area (TPSA) is 48.6 Å². The molecule has 0 amide bonds. The number of aromatic nitrogens is 1. The summed E-state index contributed by atoms with van der Waals surface area (Å²) in [5, 5.41) is 1.01. The van der Waals surface area contributed by atoms with Crippen molar-refractivity contribution in [3.05, 3.63) is 60.3 Å². The van der Waals surface area contributed by atoms with Crippen LogP contribution in [0.2, 0.25) is 0 Å². The van der Waals surface area contributed by atoms with Crippen molar-refractivity contribution in [1.29, 1.82) is 0 Å². The molecular weight excluding hydrogens is 338 g/mol. The van der Waals surface area contributed by atoms with E-state index in [2.05, 4.69) is 33.8 Å². The lowest BCUT2D eigenvalue weighted by atomic mass is 10.1. The largest absolute Gasteiger partial charge is 0.497 e. The Morgan fingerprint density at radius 2 is 2.04 bits per heavy atom. The van der Waals surface area contributed by atoms with Gasteiger partial charge in [0.1, 0.15) is 5.75 Å². The Bertz CT molecular complexity index is 949. The quantitative estimate of drug-likeness (QED) is 0.704. The molecule has 0 unspecified atom stereocenters. The molecule has 0 radical (unpaired) electrons. The number of carbonyl (C=O) groups is 1. The fourth-order valence-electron chi connectivity index (χ4n) is 3.94. The molecule has 0 saturated carbocycles. The molecule has 1 atom stereocenters. The van der Waals surface area contributed by atoms with Gasteiger partial charge in [-0.2, -0.15) is 0 Å². The molecular formula is C22H25N3O2. The highest BCUT2D eigenvalue weighted by molar-refractivity contribution is 6.08. The Hall–Kier alpha value is -2.79. The number of para-hydroxylation sites is 1. The van der Waals surface area contributed by atoms with E-state index >= 15 is 0 Å². The van der Waals surface area contributed by atoms with Crippen LogP contribution >= 0.6 is 0 Å². The van der Waals surface area contributed by atoms with Crippen LogP contribution in [0, 0.1) is 0 Å². The van der Waals surface area contributed by atoms with E-state index in [9.17, 15) is 4.79 Å². The van der Waals surface area contributed by atoms with Crippen molar-refractivity contribution in [1.82, 2.24) is 9.88 Å². The number of nitrogens with one attached hydrogen (secondary N) is 1. The summed E-state index contributed by atoms with van der Waals surface area (Å²) in [6.45, 7) is 5.30. The third kappa shape index (κ3) is 3.55. The molecule has 3 aromatic rings. The molecule has 1 aliphatic rings. The number of rotatable bonds is 5. The third-order valence-corrected chi connectivity index (χ3v) is 5.35. The van der Waals surface area contributed by atoms with Gasteiger partial charge in [-0.1, -0.05) is 24.3 Å². The van der Waals surface area contributed by atoms with E-state index in [4.69, 9.17) is 4.74 Å². The number of anilines is 1. The van der Waals surface area contributed by atoms with Gasteiger partial charge in [0.05, 0.1) is 13.7 Å². The molecule has 0 bridgehead atoms. The molecule has 1 N–H and O–H groups in total. The maximum Gasteiger partial charge on any atom is 0.178 e. The van der Waals surface area contributed by atoms with Crippen molar-refractivity contribution < 1.29 is 9.53 Å². The van der Waals surface area contributed by atoms with Crippen molar-refractivity contribution in [2.45, 2.75) is 13.0 Å². The predicted octanol–water partition coefficient (Wildman–Crippen LogP) is 3.57. The standard InChI is InChI=1S/C22H25N3O2/c1-16-14-24(10-11-25(16)17-6-5-7-18(12-17)27-2)15-22(26)20-13-23-21-9-4-3-8-19(20)21/h3-9,12-13,16,23H,10-11,14-15H2,1-2H3/t16-/m1/s1. The van der Waals surface area contributed by atoms with E-state index < -0.39 is 0 Å². The first-order chi connectivity index (χ1) is 13.2. The number of hydrogen-bond acceptors (Lipinski definition) is 4. The van der Waals surface area contributed by atoms with E-state index in [0.29, 0.717) is 12.6 Å². The van der Waals surface area contributed by atoms with E-state index in [-0.39, 0.29) is 5.78 Å². The first-order valence-corrected chi connectivity index (χ1v) is 9.38. The molecule has 1 saturated heterocycles. The van der Waals surface area contributed by atoms with Crippen molar-refractivity contribution in [2.24, 2.45) is 0 Å². The van der Waals surface area contributed by atoms with Crippen LogP contribution in [0.5, 0.6) is 5.75 Å². The molecule has 5 heteroatoms. The van der Waals surface area contributed by atoms with E-state index in [1.807, 2.05) is 42.6 Å². The van der Waals surface area contributed by atoms with Crippen molar-refractivity contribution in [3.63, 3.8) is 0 Å². The number of aromatic amines is 1. The van der Waals surface area contributed by atoms with Gasteiger partial charge in [-0.15, -0.1) is 0 Å². The van der Waals surface area contributed by atoms with Crippen LogP contribution in [0.1, 0.15) is 17.3 Å². The zero-order chi connectivity index (χ0) is 18.8. The number of nitrogens with zero attached hydrogens (tertiary/aromatic N) is 2. The number of piperazine rings is 1. The number of ketones is 1. The molecule has 27 heavy (non-hydrogen) atoms. The Labute approximate surface area is 159 Å². The second-order valence-corrected chi connectivity index (χ2v) is 7.15. The molecule has 2 heterocycles. The summed E-state index contributed by atoms with van der Waals surface area (Å²) in [4.78, 5) is 20.7. The smallest absolute Gasteiger partial charge is 0.178 e. The van der Waals surface area contributed by atoms with Gasteiger partial charge in [0.15, 0.2) is 5.78 Å². The van der Waals surface area contributed by atoms with E-state index in [1.54, 1.807) is 7.11 Å². The number of carbonyl (C=O) groups excluding carboxylic acids is 1. The lowest BCUT2D eigenvalue weighted by Crippen LogP contribution is -2.53. The SMILES string of the molecule is COc1cccc(N2CCN(CC(=O)c3c[nH]c4ccccc34)C[C@H]2C)c1. The van der Waals surface area contributed by atoms with E-state index in [0.717, 1.165) is 41.9 Å². The summed E-state index contributed by atoms with van der Waals surface area (Å²) in [6, 6.07) is 16.5. The maximum atomic E-state index is 12.8. The molecule has 140 valence electrons. The van der Waals surface area contributed by atoms with Gasteiger partial charge in [0, 0.05) is 60.1 Å². The molecule has 2 aromatic carbocycles. The normalized spacial score (nSPS) is 18.0. The van der Waals surface area contributed by atoms with Crippen molar-refractivity contribution in [3.8, 4) is 5.75 Å². The number of Topliss-reactive ketones (excluding diaryl/α,β-unsaturated/α-hetero) is 1. The van der Waals surface area contributed by atoms with Crippen LogP contribution in [-0.4, -0.2) is 55.0 Å².